The van der Waals surface area contributed by atoms with Gasteiger partial charge in [-0.2, -0.15) is 0 Å². The number of anilines is 1. The van der Waals surface area contributed by atoms with Crippen LogP contribution in [-0.4, -0.2) is 40.1 Å². The van der Waals surface area contributed by atoms with Crippen LogP contribution in [0.5, 0.6) is 0 Å². The zero-order chi connectivity index (χ0) is 17.3. The summed E-state index contributed by atoms with van der Waals surface area (Å²) in [6, 6.07) is 7.01. The van der Waals surface area contributed by atoms with E-state index >= 15 is 0 Å². The van der Waals surface area contributed by atoms with Gasteiger partial charge in [0, 0.05) is 15.9 Å². The monoisotopic (exact) mass is 346 g/mol. The molecule has 0 amide bonds. The molecule has 128 valence electrons. The van der Waals surface area contributed by atoms with Gasteiger partial charge in [0.2, 0.25) is 0 Å². The minimum absolute atomic E-state index is 0.604. The first-order valence-electron chi connectivity index (χ1n) is 8.48. The highest BCUT2D eigenvalue weighted by molar-refractivity contribution is 6.31. The standard InChI is InChI=1S/C18H24ClN5/c1-11(2)24(12(3)4)8-7-20-18-17-16(21-10-22-18)14-9-13(19)5-6-15(14)23-17/h5-6,9-12,23H,7-8H2,1-4H3,(H,20,21,22)/p+1. The zero-order valence-corrected chi connectivity index (χ0v) is 15.4. The number of fused-ring (bicyclic) bond motifs is 3. The van der Waals surface area contributed by atoms with Crippen molar-refractivity contribution in [1.82, 2.24) is 15.0 Å². The van der Waals surface area contributed by atoms with Crippen LogP contribution in [-0.2, 0) is 0 Å². The van der Waals surface area contributed by atoms with E-state index in [0.717, 1.165) is 40.8 Å². The van der Waals surface area contributed by atoms with Crippen LogP contribution in [0.2, 0.25) is 5.02 Å². The first-order valence-corrected chi connectivity index (χ1v) is 8.86. The Labute approximate surface area is 147 Å². The molecule has 1 aromatic carbocycles. The number of benzene rings is 1. The Balaban J connectivity index is 1.84. The summed E-state index contributed by atoms with van der Waals surface area (Å²) in [4.78, 5) is 13.8. The third-order valence-electron chi connectivity index (χ3n) is 4.53. The summed E-state index contributed by atoms with van der Waals surface area (Å²) in [5.41, 5.74) is 2.86. The predicted molar refractivity (Wildman–Crippen MR) is 101 cm³/mol. The van der Waals surface area contributed by atoms with Gasteiger partial charge in [0.25, 0.3) is 0 Å². The van der Waals surface area contributed by atoms with Gasteiger partial charge in [-0.3, -0.25) is 0 Å². The lowest BCUT2D eigenvalue weighted by Gasteiger charge is -2.27. The number of aromatic nitrogens is 3. The van der Waals surface area contributed by atoms with Gasteiger partial charge < -0.3 is 15.2 Å². The fraction of sp³-hybridized carbons (Fsp3) is 0.444. The van der Waals surface area contributed by atoms with Gasteiger partial charge in [-0.05, 0) is 45.9 Å². The highest BCUT2D eigenvalue weighted by atomic mass is 35.5. The van der Waals surface area contributed by atoms with E-state index in [1.165, 1.54) is 0 Å². The predicted octanol–water partition coefficient (Wildman–Crippen LogP) is 2.88. The van der Waals surface area contributed by atoms with E-state index < -0.39 is 0 Å². The third kappa shape index (κ3) is 3.32. The summed E-state index contributed by atoms with van der Waals surface area (Å²) in [6.07, 6.45) is 1.61. The van der Waals surface area contributed by atoms with Gasteiger partial charge in [0.15, 0.2) is 5.82 Å². The number of hydrogen-bond acceptors (Lipinski definition) is 3. The van der Waals surface area contributed by atoms with Crippen LogP contribution in [0.1, 0.15) is 27.7 Å². The van der Waals surface area contributed by atoms with E-state index in [-0.39, 0.29) is 0 Å². The van der Waals surface area contributed by atoms with Crippen molar-refractivity contribution in [2.24, 2.45) is 0 Å². The maximum Gasteiger partial charge on any atom is 0.154 e. The summed E-state index contributed by atoms with van der Waals surface area (Å²) in [5, 5.41) is 5.21. The van der Waals surface area contributed by atoms with Crippen LogP contribution in [0.3, 0.4) is 0 Å². The van der Waals surface area contributed by atoms with Crippen molar-refractivity contribution in [3.63, 3.8) is 0 Å². The van der Waals surface area contributed by atoms with Crippen LogP contribution in [0.4, 0.5) is 5.82 Å². The quantitative estimate of drug-likeness (QED) is 0.643. The Kier molecular flexibility index (Phi) is 4.92. The second-order valence-corrected chi connectivity index (χ2v) is 7.26. The molecule has 3 aromatic rings. The summed E-state index contributed by atoms with van der Waals surface area (Å²) in [7, 11) is 0. The number of H-pyrrole nitrogens is 1. The highest BCUT2D eigenvalue weighted by Gasteiger charge is 2.17. The van der Waals surface area contributed by atoms with Gasteiger partial charge in [-0.25, -0.2) is 9.97 Å². The average molecular weight is 347 g/mol. The Hall–Kier alpha value is -1.85. The normalized spacial score (nSPS) is 12.2. The van der Waals surface area contributed by atoms with Crippen LogP contribution >= 0.6 is 11.6 Å². The molecule has 3 rings (SSSR count). The summed E-state index contributed by atoms with van der Waals surface area (Å²) < 4.78 is 0. The first-order chi connectivity index (χ1) is 11.5. The smallest absolute Gasteiger partial charge is 0.154 e. The van der Waals surface area contributed by atoms with Crippen molar-refractivity contribution < 1.29 is 4.90 Å². The van der Waals surface area contributed by atoms with Gasteiger partial charge >= 0.3 is 0 Å². The Morgan fingerprint density at radius 3 is 2.62 bits per heavy atom. The molecule has 2 heterocycles. The Bertz CT molecular complexity index is 832. The molecule has 24 heavy (non-hydrogen) atoms. The van der Waals surface area contributed by atoms with Gasteiger partial charge in [0.05, 0.1) is 25.2 Å². The largest absolute Gasteiger partial charge is 0.363 e. The number of nitrogens with zero attached hydrogens (tertiary/aromatic N) is 2. The average Bonchev–Trinajstić information content (AvgIpc) is 2.89. The molecule has 0 aliphatic rings. The topological polar surface area (TPSA) is 58.0 Å². The van der Waals surface area contributed by atoms with Crippen molar-refractivity contribution in [3.05, 3.63) is 29.5 Å². The first kappa shape index (κ1) is 17.0. The zero-order valence-electron chi connectivity index (χ0n) is 14.7. The molecule has 0 unspecified atom stereocenters. The van der Waals surface area contributed by atoms with Crippen molar-refractivity contribution in [2.75, 3.05) is 18.4 Å². The molecule has 0 saturated heterocycles. The number of quaternary nitrogens is 1. The van der Waals surface area contributed by atoms with E-state index in [2.05, 4.69) is 48.0 Å². The molecule has 0 bridgehead atoms. The van der Waals surface area contributed by atoms with E-state index in [4.69, 9.17) is 11.6 Å². The molecule has 5 nitrogen and oxygen atoms in total. The van der Waals surface area contributed by atoms with E-state index in [1.807, 2.05) is 18.2 Å². The lowest BCUT2D eigenvalue weighted by atomic mass is 10.2. The fourth-order valence-corrected chi connectivity index (χ4v) is 3.54. The molecule has 0 atom stereocenters. The minimum Gasteiger partial charge on any atom is -0.363 e. The molecule has 2 aromatic heterocycles. The molecule has 0 spiro atoms. The van der Waals surface area contributed by atoms with Crippen molar-refractivity contribution >= 4 is 39.4 Å². The fourth-order valence-electron chi connectivity index (χ4n) is 3.37. The maximum atomic E-state index is 6.12. The van der Waals surface area contributed by atoms with Crippen molar-refractivity contribution in [1.29, 1.82) is 0 Å². The minimum atomic E-state index is 0.604. The lowest BCUT2D eigenvalue weighted by molar-refractivity contribution is -0.940. The number of nitrogens with one attached hydrogen (secondary N) is 3. The highest BCUT2D eigenvalue weighted by Crippen LogP contribution is 2.28. The van der Waals surface area contributed by atoms with E-state index in [0.29, 0.717) is 17.1 Å². The lowest BCUT2D eigenvalue weighted by Crippen LogP contribution is -3.18. The number of aromatic amines is 1. The molecule has 0 fully saturated rings. The molecular weight excluding hydrogens is 322 g/mol. The second kappa shape index (κ2) is 6.95. The maximum absolute atomic E-state index is 6.12. The third-order valence-corrected chi connectivity index (χ3v) is 4.77. The van der Waals surface area contributed by atoms with E-state index in [1.54, 1.807) is 11.2 Å². The van der Waals surface area contributed by atoms with Crippen molar-refractivity contribution in [2.45, 2.75) is 39.8 Å². The molecule has 3 N–H and O–H groups in total. The summed E-state index contributed by atoms with van der Waals surface area (Å²) >= 11 is 6.12. The molecule has 0 saturated carbocycles. The van der Waals surface area contributed by atoms with Crippen LogP contribution in [0.25, 0.3) is 21.9 Å². The molecule has 0 radical (unpaired) electrons. The molecule has 6 heteroatoms. The van der Waals surface area contributed by atoms with Gasteiger partial charge in [-0.15, -0.1) is 0 Å². The van der Waals surface area contributed by atoms with Crippen LogP contribution < -0.4 is 10.2 Å². The number of hydrogen-bond donors (Lipinski definition) is 3. The Morgan fingerprint density at radius 1 is 1.17 bits per heavy atom. The second-order valence-electron chi connectivity index (χ2n) is 6.82. The van der Waals surface area contributed by atoms with Gasteiger partial charge in [-0.1, -0.05) is 11.6 Å². The number of halogens is 1. The van der Waals surface area contributed by atoms with Crippen molar-refractivity contribution in [3.8, 4) is 0 Å². The molecule has 0 aliphatic heterocycles. The molecular formula is C18H25ClN5+. The van der Waals surface area contributed by atoms with Gasteiger partial charge in [0.1, 0.15) is 17.4 Å². The summed E-state index contributed by atoms with van der Waals surface area (Å²) in [5.74, 6) is 0.846. The van der Waals surface area contributed by atoms with Crippen LogP contribution in [0.15, 0.2) is 24.5 Å². The number of rotatable bonds is 6. The molecule has 0 aliphatic carbocycles. The Morgan fingerprint density at radius 2 is 1.92 bits per heavy atom. The van der Waals surface area contributed by atoms with Crippen LogP contribution in [0, 0.1) is 0 Å². The van der Waals surface area contributed by atoms with E-state index in [9.17, 15) is 0 Å². The summed E-state index contributed by atoms with van der Waals surface area (Å²) in [6.45, 7) is 11.0. The SMILES string of the molecule is CC(C)[NH+](CCNc1ncnc2c1[nH]c1ccc(Cl)cc12)C(C)C.